The van der Waals surface area contributed by atoms with E-state index in [1.54, 1.807) is 0 Å². The molecule has 1 fully saturated rings. The van der Waals surface area contributed by atoms with Crippen molar-refractivity contribution in [2.75, 3.05) is 19.6 Å². The first kappa shape index (κ1) is 15.3. The van der Waals surface area contributed by atoms with Crippen molar-refractivity contribution in [1.82, 2.24) is 9.80 Å². The molecule has 3 heteroatoms. The summed E-state index contributed by atoms with van der Waals surface area (Å²) in [6, 6.07) is 0.680. The number of urea groups is 1. The Morgan fingerprint density at radius 2 is 1.67 bits per heavy atom. The molecule has 0 saturated carbocycles. The van der Waals surface area contributed by atoms with Crippen LogP contribution in [0.1, 0.15) is 59.8 Å². The molecule has 0 N–H and O–H groups in total. The van der Waals surface area contributed by atoms with E-state index in [4.69, 9.17) is 0 Å². The number of piperidine rings is 1. The Balaban J connectivity index is 2.70. The second-order valence-electron chi connectivity index (χ2n) is 5.85. The van der Waals surface area contributed by atoms with Crippen LogP contribution in [0.3, 0.4) is 0 Å². The fourth-order valence-corrected chi connectivity index (χ4v) is 2.77. The van der Waals surface area contributed by atoms with Gasteiger partial charge in [0.2, 0.25) is 0 Å². The molecule has 0 aliphatic carbocycles. The monoisotopic (exact) mass is 254 g/mol. The minimum atomic E-state index is 0.275. The van der Waals surface area contributed by atoms with E-state index in [0.29, 0.717) is 12.0 Å². The van der Waals surface area contributed by atoms with Gasteiger partial charge in [-0.05, 0) is 38.0 Å². The molecule has 1 rings (SSSR count). The summed E-state index contributed by atoms with van der Waals surface area (Å²) in [4.78, 5) is 16.8. The van der Waals surface area contributed by atoms with Crippen LogP contribution in [-0.4, -0.2) is 41.5 Å². The Morgan fingerprint density at radius 3 is 2.11 bits per heavy atom. The van der Waals surface area contributed by atoms with E-state index in [9.17, 15) is 4.79 Å². The summed E-state index contributed by atoms with van der Waals surface area (Å²) in [5.41, 5.74) is 0. The van der Waals surface area contributed by atoms with E-state index in [1.165, 1.54) is 19.3 Å². The average molecular weight is 254 g/mol. The van der Waals surface area contributed by atoms with Crippen molar-refractivity contribution in [2.45, 2.75) is 65.8 Å². The molecule has 0 aromatic carbocycles. The van der Waals surface area contributed by atoms with Gasteiger partial charge in [-0.25, -0.2) is 4.79 Å². The Labute approximate surface area is 113 Å². The van der Waals surface area contributed by atoms with E-state index < -0.39 is 0 Å². The van der Waals surface area contributed by atoms with Gasteiger partial charge in [0, 0.05) is 25.7 Å². The van der Waals surface area contributed by atoms with Crippen molar-refractivity contribution in [1.29, 1.82) is 0 Å². The topological polar surface area (TPSA) is 23.6 Å². The van der Waals surface area contributed by atoms with Crippen LogP contribution in [0.15, 0.2) is 0 Å². The van der Waals surface area contributed by atoms with E-state index in [2.05, 4.69) is 37.5 Å². The molecule has 1 heterocycles. The van der Waals surface area contributed by atoms with Crippen LogP contribution in [0.5, 0.6) is 0 Å². The molecular formula is C15H30N2O. The lowest BCUT2D eigenvalue weighted by molar-refractivity contribution is 0.115. The number of rotatable bonds is 5. The normalized spacial score (nSPS) is 16.4. The molecule has 1 saturated heterocycles. The largest absolute Gasteiger partial charge is 0.325 e. The highest BCUT2D eigenvalue weighted by molar-refractivity contribution is 5.75. The van der Waals surface area contributed by atoms with Crippen molar-refractivity contribution in [3.05, 3.63) is 0 Å². The third-order valence-corrected chi connectivity index (χ3v) is 3.82. The molecule has 0 atom stereocenters. The van der Waals surface area contributed by atoms with Crippen LogP contribution in [0, 0.1) is 5.92 Å². The van der Waals surface area contributed by atoms with Crippen LogP contribution < -0.4 is 0 Å². The minimum Gasteiger partial charge on any atom is -0.325 e. The van der Waals surface area contributed by atoms with Crippen LogP contribution in [0.25, 0.3) is 0 Å². The SMILES string of the molecule is CCC(CC)N(CC(C)C)C(=O)N1CCCCC1. The molecule has 0 radical (unpaired) electrons. The van der Waals surface area contributed by atoms with Gasteiger partial charge in [0.25, 0.3) is 0 Å². The molecule has 3 nitrogen and oxygen atoms in total. The lowest BCUT2D eigenvalue weighted by atomic mass is 10.1. The maximum absolute atomic E-state index is 12.6. The molecule has 1 aliphatic rings. The summed E-state index contributed by atoms with van der Waals surface area (Å²) in [6.07, 6.45) is 5.74. The predicted molar refractivity (Wildman–Crippen MR) is 76.7 cm³/mol. The van der Waals surface area contributed by atoms with Gasteiger partial charge in [-0.3, -0.25) is 0 Å². The number of hydrogen-bond acceptors (Lipinski definition) is 1. The summed E-state index contributed by atoms with van der Waals surface area (Å²) in [5.74, 6) is 0.541. The third kappa shape index (κ3) is 4.18. The number of carbonyl (C=O) groups excluding carboxylic acids is 1. The third-order valence-electron chi connectivity index (χ3n) is 3.82. The molecule has 0 aromatic rings. The Hall–Kier alpha value is -0.730. The zero-order valence-electron chi connectivity index (χ0n) is 12.6. The Morgan fingerprint density at radius 1 is 1.11 bits per heavy atom. The van der Waals surface area contributed by atoms with Crippen LogP contribution in [-0.2, 0) is 0 Å². The average Bonchev–Trinajstić information content (AvgIpc) is 2.38. The smallest absolute Gasteiger partial charge is 0.320 e. The van der Waals surface area contributed by atoms with Gasteiger partial charge < -0.3 is 9.80 Å². The van der Waals surface area contributed by atoms with Gasteiger partial charge in [-0.1, -0.05) is 27.7 Å². The number of amides is 2. The number of hydrogen-bond donors (Lipinski definition) is 0. The molecule has 1 aliphatic heterocycles. The van der Waals surface area contributed by atoms with E-state index >= 15 is 0 Å². The molecule has 0 aromatic heterocycles. The first-order valence-electron chi connectivity index (χ1n) is 7.65. The summed E-state index contributed by atoms with van der Waals surface area (Å²) >= 11 is 0. The van der Waals surface area contributed by atoms with Crippen molar-refractivity contribution in [2.24, 2.45) is 5.92 Å². The second-order valence-corrected chi connectivity index (χ2v) is 5.85. The predicted octanol–water partition coefficient (Wildman–Crippen LogP) is 3.74. The van der Waals surface area contributed by atoms with Crippen LogP contribution in [0.4, 0.5) is 4.79 Å². The van der Waals surface area contributed by atoms with Crippen molar-refractivity contribution in [3.63, 3.8) is 0 Å². The molecule has 0 unspecified atom stereocenters. The fraction of sp³-hybridized carbons (Fsp3) is 0.933. The maximum atomic E-state index is 12.6. The van der Waals surface area contributed by atoms with E-state index in [0.717, 1.165) is 32.5 Å². The standard InChI is InChI=1S/C15H30N2O/c1-5-14(6-2)17(12-13(3)4)15(18)16-10-8-7-9-11-16/h13-14H,5-12H2,1-4H3. The van der Waals surface area contributed by atoms with E-state index in [-0.39, 0.29) is 6.03 Å². The zero-order valence-corrected chi connectivity index (χ0v) is 12.6. The van der Waals surface area contributed by atoms with Gasteiger partial charge in [0.15, 0.2) is 0 Å². The molecular weight excluding hydrogens is 224 g/mol. The van der Waals surface area contributed by atoms with Gasteiger partial charge in [0.1, 0.15) is 0 Å². The fourth-order valence-electron chi connectivity index (χ4n) is 2.77. The highest BCUT2D eigenvalue weighted by Crippen LogP contribution is 2.17. The van der Waals surface area contributed by atoms with Crippen molar-refractivity contribution < 1.29 is 4.79 Å². The second kappa shape index (κ2) is 7.65. The Bertz CT molecular complexity index is 243. The zero-order chi connectivity index (χ0) is 13.5. The lowest BCUT2D eigenvalue weighted by Crippen LogP contribution is -2.50. The first-order valence-corrected chi connectivity index (χ1v) is 7.65. The lowest BCUT2D eigenvalue weighted by Gasteiger charge is -2.38. The van der Waals surface area contributed by atoms with Crippen molar-refractivity contribution in [3.8, 4) is 0 Å². The summed E-state index contributed by atoms with van der Waals surface area (Å²) in [7, 11) is 0. The molecule has 0 bridgehead atoms. The van der Waals surface area contributed by atoms with Gasteiger partial charge >= 0.3 is 6.03 Å². The number of likely N-dealkylation sites (tertiary alicyclic amines) is 1. The molecule has 18 heavy (non-hydrogen) atoms. The number of carbonyl (C=O) groups is 1. The molecule has 2 amide bonds. The molecule has 106 valence electrons. The maximum Gasteiger partial charge on any atom is 0.320 e. The van der Waals surface area contributed by atoms with Gasteiger partial charge in [-0.2, -0.15) is 0 Å². The van der Waals surface area contributed by atoms with E-state index in [1.807, 2.05) is 0 Å². The molecule has 0 spiro atoms. The van der Waals surface area contributed by atoms with Gasteiger partial charge in [-0.15, -0.1) is 0 Å². The Kier molecular flexibility index (Phi) is 6.51. The first-order chi connectivity index (χ1) is 8.60. The highest BCUT2D eigenvalue weighted by atomic mass is 16.2. The van der Waals surface area contributed by atoms with Crippen LogP contribution >= 0.6 is 0 Å². The van der Waals surface area contributed by atoms with Crippen LogP contribution in [0.2, 0.25) is 0 Å². The summed E-state index contributed by atoms with van der Waals surface area (Å²) in [6.45, 7) is 11.6. The highest BCUT2D eigenvalue weighted by Gasteiger charge is 2.27. The van der Waals surface area contributed by atoms with Crippen molar-refractivity contribution >= 4 is 6.03 Å². The quantitative estimate of drug-likeness (QED) is 0.733. The summed E-state index contributed by atoms with van der Waals surface area (Å²) in [5, 5.41) is 0. The summed E-state index contributed by atoms with van der Waals surface area (Å²) < 4.78 is 0. The van der Waals surface area contributed by atoms with Gasteiger partial charge in [0.05, 0.1) is 0 Å². The number of nitrogens with zero attached hydrogens (tertiary/aromatic N) is 2. The minimum absolute atomic E-state index is 0.275.